The highest BCUT2D eigenvalue weighted by molar-refractivity contribution is 6.32. The number of benzene rings is 2. The Bertz CT molecular complexity index is 974. The lowest BCUT2D eigenvalue weighted by Crippen LogP contribution is -2.50. The highest BCUT2D eigenvalue weighted by atomic mass is 35.5. The first-order valence-corrected chi connectivity index (χ1v) is 10.2. The fourth-order valence-electron chi connectivity index (χ4n) is 3.68. The molecule has 1 aliphatic rings. The molecule has 2 aromatic rings. The molecule has 0 aromatic heterocycles. The predicted molar refractivity (Wildman–Crippen MR) is 110 cm³/mol. The zero-order valence-electron chi connectivity index (χ0n) is 17.1. The summed E-state index contributed by atoms with van der Waals surface area (Å²) in [5.41, 5.74) is -0.622. The zero-order chi connectivity index (χ0) is 22.8. The van der Waals surface area contributed by atoms with Gasteiger partial charge in [0, 0.05) is 30.9 Å². The van der Waals surface area contributed by atoms with E-state index in [2.05, 4.69) is 0 Å². The summed E-state index contributed by atoms with van der Waals surface area (Å²) in [7, 11) is 0. The average Bonchev–Trinajstić information content (AvgIpc) is 2.71. The van der Waals surface area contributed by atoms with Crippen molar-refractivity contribution in [3.63, 3.8) is 0 Å². The van der Waals surface area contributed by atoms with Gasteiger partial charge in [0.15, 0.2) is 0 Å². The van der Waals surface area contributed by atoms with Gasteiger partial charge in [-0.3, -0.25) is 4.84 Å². The molecule has 31 heavy (non-hydrogen) atoms. The molecule has 0 N–H and O–H groups in total. The van der Waals surface area contributed by atoms with E-state index in [4.69, 9.17) is 21.7 Å². The molecule has 0 bridgehead atoms. The molecule has 1 fully saturated rings. The van der Waals surface area contributed by atoms with Crippen molar-refractivity contribution >= 4 is 17.3 Å². The zero-order valence-corrected chi connectivity index (χ0v) is 17.8. The molecule has 1 heterocycles. The van der Waals surface area contributed by atoms with E-state index in [9.17, 15) is 17.6 Å². The number of rotatable bonds is 5. The first-order chi connectivity index (χ1) is 14.6. The Hall–Kier alpha value is -2.34. The van der Waals surface area contributed by atoms with E-state index in [0.717, 1.165) is 6.07 Å². The Morgan fingerprint density at radius 2 is 2.03 bits per heavy atom. The minimum atomic E-state index is -4.83. The van der Waals surface area contributed by atoms with E-state index in [1.54, 1.807) is 22.1 Å². The van der Waals surface area contributed by atoms with E-state index < -0.39 is 17.6 Å². The Balaban J connectivity index is 2.05. The number of alkyl halides is 3. The van der Waals surface area contributed by atoms with Crippen molar-refractivity contribution < 1.29 is 22.4 Å². The number of anilines is 1. The van der Waals surface area contributed by atoms with Gasteiger partial charge in [0.2, 0.25) is 0 Å². The lowest BCUT2D eigenvalue weighted by atomic mass is 10.0. The summed E-state index contributed by atoms with van der Waals surface area (Å²) in [6.07, 6.45) is -4.26. The van der Waals surface area contributed by atoms with Crippen molar-refractivity contribution in [3.05, 3.63) is 63.9 Å². The lowest BCUT2D eigenvalue weighted by Gasteiger charge is -2.41. The molecule has 0 amide bonds. The number of nitrogens with zero attached hydrogens (tertiary/aromatic N) is 3. The number of hydrogen-bond donors (Lipinski definition) is 0. The van der Waals surface area contributed by atoms with Gasteiger partial charge in [-0.2, -0.15) is 23.5 Å². The first kappa shape index (κ1) is 23.3. The summed E-state index contributed by atoms with van der Waals surface area (Å²) in [4.78, 5) is 7.43. The molecule has 0 aliphatic carbocycles. The van der Waals surface area contributed by atoms with Crippen LogP contribution in [0.3, 0.4) is 0 Å². The van der Waals surface area contributed by atoms with Crippen LogP contribution in [0.25, 0.3) is 0 Å². The van der Waals surface area contributed by atoms with Gasteiger partial charge in [-0.25, -0.2) is 4.39 Å². The van der Waals surface area contributed by atoms with Crippen LogP contribution in [0.5, 0.6) is 0 Å². The summed E-state index contributed by atoms with van der Waals surface area (Å²) in [6, 6.07) is 9.94. The van der Waals surface area contributed by atoms with Gasteiger partial charge in [-0.05, 0) is 50.1 Å². The minimum absolute atomic E-state index is 0.0779. The smallest absolute Gasteiger partial charge is 0.363 e. The second-order valence-electron chi connectivity index (χ2n) is 7.64. The fraction of sp³-hybridized carbons (Fsp3) is 0.409. The molecule has 2 aromatic carbocycles. The second-order valence-corrected chi connectivity index (χ2v) is 8.05. The molecule has 0 spiro atoms. The van der Waals surface area contributed by atoms with Gasteiger partial charge in [-0.15, -0.1) is 0 Å². The largest absolute Gasteiger partial charge is 0.419 e. The predicted octanol–water partition coefficient (Wildman–Crippen LogP) is 5.79. The maximum atomic E-state index is 14.1. The molecule has 1 atom stereocenters. The van der Waals surface area contributed by atoms with Crippen molar-refractivity contribution in [1.29, 1.82) is 5.26 Å². The van der Waals surface area contributed by atoms with Gasteiger partial charge in [-0.1, -0.05) is 23.7 Å². The summed E-state index contributed by atoms with van der Waals surface area (Å²) in [5, 5.41) is 11.1. The van der Waals surface area contributed by atoms with Crippen LogP contribution in [0.1, 0.15) is 37.0 Å². The molecule has 0 saturated carbocycles. The highest BCUT2D eigenvalue weighted by Gasteiger charge is 2.38. The third kappa shape index (κ3) is 5.29. The summed E-state index contributed by atoms with van der Waals surface area (Å²) >= 11 is 6.20. The normalized spacial score (nSPS) is 17.6. The third-order valence-corrected chi connectivity index (χ3v) is 5.56. The maximum absolute atomic E-state index is 14.1. The Morgan fingerprint density at radius 1 is 1.29 bits per heavy atom. The van der Waals surface area contributed by atoms with E-state index in [0.29, 0.717) is 25.3 Å². The van der Waals surface area contributed by atoms with Crippen LogP contribution < -0.4 is 4.90 Å². The van der Waals surface area contributed by atoms with E-state index >= 15 is 0 Å². The summed E-state index contributed by atoms with van der Waals surface area (Å²) in [5.74, 6) is -1.31. The topological polar surface area (TPSA) is 39.5 Å². The Morgan fingerprint density at radius 3 is 2.65 bits per heavy atom. The van der Waals surface area contributed by atoms with Crippen molar-refractivity contribution in [3.8, 4) is 6.07 Å². The maximum Gasteiger partial charge on any atom is 0.419 e. The van der Waals surface area contributed by atoms with Crippen molar-refractivity contribution in [2.24, 2.45) is 0 Å². The van der Waals surface area contributed by atoms with Gasteiger partial charge in [0.25, 0.3) is 0 Å². The minimum Gasteiger partial charge on any atom is -0.363 e. The molecule has 0 unspecified atom stereocenters. The first-order valence-electron chi connectivity index (χ1n) is 9.82. The van der Waals surface area contributed by atoms with E-state index in [-0.39, 0.29) is 34.8 Å². The monoisotopic (exact) mass is 455 g/mol. The number of hydroxylamine groups is 2. The molecular weight excluding hydrogens is 434 g/mol. The standard InChI is InChI=1S/C22H22ClF4N3O/c1-14(2)30-13-18(8-9-31-30)29(17-7-6-15(11-28)19(23)10-17)12-16-4-3-5-20(24)21(16)22(25,26)27/h3-7,10,14,18H,8-9,12-13H2,1-2H3/t18-/m0/s1. The number of nitriles is 1. The average molecular weight is 456 g/mol. The number of halogens is 5. The second kappa shape index (κ2) is 9.43. The molecule has 1 aliphatic heterocycles. The molecular formula is C22H22ClF4N3O. The van der Waals surface area contributed by atoms with Gasteiger partial charge >= 0.3 is 6.18 Å². The Kier molecular flexibility index (Phi) is 7.10. The van der Waals surface area contributed by atoms with Gasteiger partial charge in [0.05, 0.1) is 22.8 Å². The van der Waals surface area contributed by atoms with Crippen LogP contribution in [0.2, 0.25) is 5.02 Å². The molecule has 1 saturated heterocycles. The molecule has 4 nitrogen and oxygen atoms in total. The molecule has 0 radical (unpaired) electrons. The lowest BCUT2D eigenvalue weighted by molar-refractivity contribution is -0.203. The van der Waals surface area contributed by atoms with Crippen LogP contribution in [-0.4, -0.2) is 30.3 Å². The van der Waals surface area contributed by atoms with Crippen LogP contribution >= 0.6 is 11.6 Å². The van der Waals surface area contributed by atoms with Crippen LogP contribution in [0.15, 0.2) is 36.4 Å². The fourth-order valence-corrected chi connectivity index (χ4v) is 3.90. The quantitative estimate of drug-likeness (QED) is 0.535. The highest BCUT2D eigenvalue weighted by Crippen LogP contribution is 2.36. The number of hydrogen-bond acceptors (Lipinski definition) is 4. The van der Waals surface area contributed by atoms with Gasteiger partial charge < -0.3 is 4.90 Å². The van der Waals surface area contributed by atoms with Crippen molar-refractivity contribution in [2.45, 2.75) is 45.1 Å². The molecule has 166 valence electrons. The third-order valence-electron chi connectivity index (χ3n) is 5.24. The van der Waals surface area contributed by atoms with Crippen molar-refractivity contribution in [2.75, 3.05) is 18.1 Å². The van der Waals surface area contributed by atoms with Gasteiger partial charge in [0.1, 0.15) is 11.9 Å². The van der Waals surface area contributed by atoms with E-state index in [1.165, 1.54) is 18.2 Å². The molecule has 9 heteroatoms. The summed E-state index contributed by atoms with van der Waals surface area (Å²) < 4.78 is 54.9. The molecule has 3 rings (SSSR count). The van der Waals surface area contributed by atoms with Crippen LogP contribution in [0, 0.1) is 17.1 Å². The summed E-state index contributed by atoms with van der Waals surface area (Å²) in [6.45, 7) is 4.59. The van der Waals surface area contributed by atoms with E-state index in [1.807, 2.05) is 19.9 Å². The Labute approximate surface area is 183 Å². The van der Waals surface area contributed by atoms with Crippen molar-refractivity contribution in [1.82, 2.24) is 5.06 Å². The van der Waals surface area contributed by atoms with Crippen LogP contribution in [0.4, 0.5) is 23.2 Å². The van der Waals surface area contributed by atoms with Crippen LogP contribution in [-0.2, 0) is 17.6 Å². The SMILES string of the molecule is CC(C)N1C[C@@H](N(Cc2cccc(F)c2C(F)(F)F)c2ccc(C#N)c(Cl)c2)CCO1.